The fraction of sp³-hybridized carbons (Fsp3) is 0.0769. The minimum Gasteiger partial charge on any atom is -0.484 e. The van der Waals surface area contributed by atoms with E-state index in [-0.39, 0.29) is 23.8 Å². The van der Waals surface area contributed by atoms with E-state index in [1.54, 1.807) is 67.6 Å². The lowest BCUT2D eigenvalue weighted by atomic mass is 10.1. The lowest BCUT2D eigenvalue weighted by Crippen LogP contribution is -2.54. The smallest absolute Gasteiger partial charge is 0.335 e. The van der Waals surface area contributed by atoms with Crippen molar-refractivity contribution in [2.45, 2.75) is 6.92 Å². The number of para-hydroxylation sites is 1. The van der Waals surface area contributed by atoms with Crippen LogP contribution in [-0.2, 0) is 14.4 Å². The first-order valence-corrected chi connectivity index (χ1v) is 10.9. The fourth-order valence-corrected chi connectivity index (χ4v) is 3.59. The number of hydrogen-bond acceptors (Lipinski definition) is 5. The highest BCUT2D eigenvalue weighted by Crippen LogP contribution is 2.28. The van der Waals surface area contributed by atoms with Crippen LogP contribution < -0.4 is 20.3 Å². The van der Waals surface area contributed by atoms with Crippen LogP contribution in [0, 0.1) is 6.92 Å². The number of anilines is 2. The third-order valence-corrected chi connectivity index (χ3v) is 5.35. The first-order chi connectivity index (χ1) is 16.8. The Bertz CT molecular complexity index is 1350. The van der Waals surface area contributed by atoms with Gasteiger partial charge in [-0.2, -0.15) is 0 Å². The molecular weight excluding hydrogens is 470 g/mol. The van der Waals surface area contributed by atoms with E-state index in [2.05, 4.69) is 10.6 Å². The summed E-state index contributed by atoms with van der Waals surface area (Å²) in [6, 6.07) is 19.5. The molecule has 0 saturated carbocycles. The number of nitrogens with one attached hydrogen (secondary N) is 2. The maximum Gasteiger partial charge on any atom is 0.335 e. The van der Waals surface area contributed by atoms with Gasteiger partial charge in [0.25, 0.3) is 17.7 Å². The molecule has 0 radical (unpaired) electrons. The lowest BCUT2D eigenvalue weighted by Gasteiger charge is -2.27. The van der Waals surface area contributed by atoms with Crippen LogP contribution in [0.15, 0.2) is 78.4 Å². The monoisotopic (exact) mass is 489 g/mol. The van der Waals surface area contributed by atoms with Gasteiger partial charge >= 0.3 is 6.03 Å². The first-order valence-electron chi connectivity index (χ1n) is 10.6. The van der Waals surface area contributed by atoms with Crippen molar-refractivity contribution in [3.8, 4) is 5.75 Å². The summed E-state index contributed by atoms with van der Waals surface area (Å²) < 4.78 is 5.55. The number of rotatable bonds is 6. The number of nitrogens with zero attached hydrogens (tertiary/aromatic N) is 1. The Morgan fingerprint density at radius 2 is 1.80 bits per heavy atom. The summed E-state index contributed by atoms with van der Waals surface area (Å²) in [6.07, 6.45) is 1.36. The molecule has 0 aromatic heterocycles. The minimum absolute atomic E-state index is 0.231. The number of amides is 5. The van der Waals surface area contributed by atoms with E-state index in [0.29, 0.717) is 27.6 Å². The quantitative estimate of drug-likeness (QED) is 0.396. The molecule has 1 aliphatic rings. The van der Waals surface area contributed by atoms with Crippen molar-refractivity contribution in [2.75, 3.05) is 16.8 Å². The highest BCUT2D eigenvalue weighted by atomic mass is 35.5. The van der Waals surface area contributed by atoms with E-state index in [4.69, 9.17) is 16.3 Å². The third kappa shape index (κ3) is 5.56. The standard InChI is InChI=1S/C26H20ClN3O5/c1-16-10-11-18(27)14-22(16)30-25(33)21(24(32)29-26(30)34)13-17-6-5-9-20(12-17)35-15-23(31)28-19-7-3-2-4-8-19/h2-14H,15H2,1H3,(H,28,31)(H,29,32,34)/b21-13+. The summed E-state index contributed by atoms with van der Waals surface area (Å²) in [5.74, 6) is -1.57. The molecule has 3 aromatic carbocycles. The predicted molar refractivity (Wildman–Crippen MR) is 132 cm³/mol. The predicted octanol–water partition coefficient (Wildman–Crippen LogP) is 4.33. The third-order valence-electron chi connectivity index (χ3n) is 5.11. The fourth-order valence-electron chi connectivity index (χ4n) is 3.43. The average molecular weight is 490 g/mol. The Morgan fingerprint density at radius 3 is 2.57 bits per heavy atom. The zero-order valence-electron chi connectivity index (χ0n) is 18.6. The molecule has 1 fully saturated rings. The lowest BCUT2D eigenvalue weighted by molar-refractivity contribution is -0.122. The van der Waals surface area contributed by atoms with Gasteiger partial charge in [0, 0.05) is 10.7 Å². The van der Waals surface area contributed by atoms with Crippen LogP contribution in [0.2, 0.25) is 5.02 Å². The number of benzene rings is 3. The Kier molecular flexibility index (Phi) is 6.93. The van der Waals surface area contributed by atoms with Crippen LogP contribution in [0.4, 0.5) is 16.2 Å². The summed E-state index contributed by atoms with van der Waals surface area (Å²) in [5.41, 5.74) is 1.80. The normalized spacial score (nSPS) is 14.6. The Labute approximate surface area is 206 Å². The van der Waals surface area contributed by atoms with Crippen molar-refractivity contribution >= 4 is 52.8 Å². The van der Waals surface area contributed by atoms with E-state index in [1.807, 2.05) is 6.07 Å². The molecule has 9 heteroatoms. The molecule has 0 aliphatic carbocycles. The molecule has 0 spiro atoms. The van der Waals surface area contributed by atoms with E-state index in [9.17, 15) is 19.2 Å². The zero-order chi connectivity index (χ0) is 24.9. The second-order valence-corrected chi connectivity index (χ2v) is 8.10. The molecule has 1 saturated heterocycles. The van der Waals surface area contributed by atoms with Gasteiger partial charge < -0.3 is 10.1 Å². The molecule has 8 nitrogen and oxygen atoms in total. The van der Waals surface area contributed by atoms with Gasteiger partial charge in [0.2, 0.25) is 0 Å². The number of carbonyl (C=O) groups excluding carboxylic acids is 4. The molecule has 1 aliphatic heterocycles. The topological polar surface area (TPSA) is 105 Å². The van der Waals surface area contributed by atoms with Gasteiger partial charge in [-0.3, -0.25) is 19.7 Å². The van der Waals surface area contributed by atoms with Gasteiger partial charge in [-0.1, -0.05) is 48.0 Å². The van der Waals surface area contributed by atoms with Gasteiger partial charge in [0.15, 0.2) is 6.61 Å². The summed E-state index contributed by atoms with van der Waals surface area (Å²) >= 11 is 6.05. The van der Waals surface area contributed by atoms with Crippen molar-refractivity contribution in [3.05, 3.63) is 94.5 Å². The SMILES string of the molecule is Cc1ccc(Cl)cc1N1C(=O)NC(=O)/C(=C\c2cccc(OCC(=O)Nc3ccccc3)c2)C1=O. The van der Waals surface area contributed by atoms with Crippen molar-refractivity contribution in [1.29, 1.82) is 0 Å². The number of halogens is 1. The molecule has 3 aromatic rings. The Morgan fingerprint density at radius 1 is 1.03 bits per heavy atom. The largest absolute Gasteiger partial charge is 0.484 e. The zero-order valence-corrected chi connectivity index (χ0v) is 19.3. The van der Waals surface area contributed by atoms with E-state index < -0.39 is 17.8 Å². The molecule has 1 heterocycles. The van der Waals surface area contributed by atoms with E-state index in [1.165, 1.54) is 12.1 Å². The number of hydrogen-bond donors (Lipinski definition) is 2. The van der Waals surface area contributed by atoms with Crippen molar-refractivity contribution in [1.82, 2.24) is 5.32 Å². The summed E-state index contributed by atoms with van der Waals surface area (Å²) in [6.45, 7) is 1.49. The maximum atomic E-state index is 13.1. The maximum absolute atomic E-state index is 13.1. The second kappa shape index (κ2) is 10.2. The molecule has 2 N–H and O–H groups in total. The second-order valence-electron chi connectivity index (χ2n) is 7.66. The van der Waals surface area contributed by atoms with Crippen LogP contribution in [0.3, 0.4) is 0 Å². The summed E-state index contributed by atoms with van der Waals surface area (Å²) in [5, 5.41) is 5.24. The Balaban J connectivity index is 1.52. The molecular formula is C26H20ClN3O5. The minimum atomic E-state index is -0.857. The molecule has 176 valence electrons. The van der Waals surface area contributed by atoms with E-state index >= 15 is 0 Å². The number of urea groups is 1. The van der Waals surface area contributed by atoms with E-state index in [0.717, 1.165) is 4.90 Å². The molecule has 5 amide bonds. The molecule has 35 heavy (non-hydrogen) atoms. The molecule has 4 rings (SSSR count). The van der Waals surface area contributed by atoms with Crippen LogP contribution in [-0.4, -0.2) is 30.4 Å². The number of aryl methyl sites for hydroxylation is 1. The summed E-state index contributed by atoms with van der Waals surface area (Å²) in [4.78, 5) is 51.1. The first kappa shape index (κ1) is 23.7. The van der Waals surface area contributed by atoms with Gasteiger partial charge in [0.05, 0.1) is 5.69 Å². The van der Waals surface area contributed by atoms with Crippen molar-refractivity contribution in [2.24, 2.45) is 0 Å². The number of barbiturate groups is 1. The van der Waals surface area contributed by atoms with Crippen LogP contribution in [0.5, 0.6) is 5.75 Å². The number of imide groups is 2. The van der Waals surface area contributed by atoms with Crippen molar-refractivity contribution < 1.29 is 23.9 Å². The molecule has 0 bridgehead atoms. The highest BCUT2D eigenvalue weighted by Gasteiger charge is 2.37. The van der Waals surface area contributed by atoms with Crippen LogP contribution in [0.25, 0.3) is 6.08 Å². The van der Waals surface area contributed by atoms with Gasteiger partial charge in [-0.15, -0.1) is 0 Å². The van der Waals surface area contributed by atoms with Crippen LogP contribution >= 0.6 is 11.6 Å². The number of ether oxygens (including phenoxy) is 1. The Hall–Kier alpha value is -4.43. The van der Waals surface area contributed by atoms with Gasteiger partial charge in [-0.25, -0.2) is 9.69 Å². The van der Waals surface area contributed by atoms with Crippen molar-refractivity contribution in [3.63, 3.8) is 0 Å². The molecule has 0 unspecified atom stereocenters. The van der Waals surface area contributed by atoms with Gasteiger partial charge in [-0.05, 0) is 60.5 Å². The summed E-state index contributed by atoms with van der Waals surface area (Å²) in [7, 11) is 0. The molecule has 0 atom stereocenters. The van der Waals surface area contributed by atoms with Crippen LogP contribution in [0.1, 0.15) is 11.1 Å². The average Bonchev–Trinajstić information content (AvgIpc) is 2.83. The van der Waals surface area contributed by atoms with Gasteiger partial charge in [0.1, 0.15) is 11.3 Å². The highest BCUT2D eigenvalue weighted by molar-refractivity contribution is 6.39. The number of carbonyl (C=O) groups is 4.